The van der Waals surface area contributed by atoms with E-state index in [0.717, 1.165) is 32.1 Å². The molecule has 5 aliphatic rings. The third-order valence-electron chi connectivity index (χ3n) is 11.2. The Morgan fingerprint density at radius 1 is 0.808 bits per heavy atom. The fraction of sp³-hybridized carbons (Fsp3) is 1.00. The normalized spacial score (nSPS) is 63.1. The lowest BCUT2D eigenvalue weighted by Gasteiger charge is -2.66. The van der Waals surface area contributed by atoms with Crippen molar-refractivity contribution in [3.8, 4) is 0 Å². The van der Waals surface area contributed by atoms with Crippen molar-refractivity contribution in [3.05, 3.63) is 0 Å². The van der Waals surface area contributed by atoms with Crippen LogP contribution in [0.25, 0.3) is 0 Å². The molecule has 3 nitrogen and oxygen atoms in total. The van der Waals surface area contributed by atoms with Crippen LogP contribution in [0.2, 0.25) is 0 Å². The van der Waals surface area contributed by atoms with Crippen LogP contribution in [-0.4, -0.2) is 32.6 Å². The van der Waals surface area contributed by atoms with Crippen LogP contribution in [0.3, 0.4) is 0 Å². The summed E-state index contributed by atoms with van der Waals surface area (Å²) < 4.78 is 0. The Balaban J connectivity index is 1.55. The highest BCUT2D eigenvalue weighted by molar-refractivity contribution is 5.25. The summed E-state index contributed by atoms with van der Waals surface area (Å²) in [6.07, 6.45) is 8.87. The topological polar surface area (TPSA) is 60.7 Å². The van der Waals surface area contributed by atoms with Gasteiger partial charge in [0, 0.05) is 6.42 Å². The monoisotopic (exact) mass is 362 g/mol. The maximum absolute atomic E-state index is 11.7. The first-order valence-electron chi connectivity index (χ1n) is 11.1. The Kier molecular flexibility index (Phi) is 3.37. The minimum Gasteiger partial charge on any atom is -0.393 e. The first-order chi connectivity index (χ1) is 12.0. The number of rotatable bonds is 0. The third-order valence-corrected chi connectivity index (χ3v) is 11.2. The fourth-order valence-electron chi connectivity index (χ4n) is 9.03. The van der Waals surface area contributed by atoms with Crippen molar-refractivity contribution < 1.29 is 15.3 Å². The zero-order chi connectivity index (χ0) is 18.8. The summed E-state index contributed by atoms with van der Waals surface area (Å²) in [6, 6.07) is 0. The fourth-order valence-corrected chi connectivity index (χ4v) is 9.03. The largest absolute Gasteiger partial charge is 0.393 e. The minimum atomic E-state index is -0.724. The molecule has 0 aromatic heterocycles. The minimum absolute atomic E-state index is 0.0321. The van der Waals surface area contributed by atoms with Crippen LogP contribution >= 0.6 is 0 Å². The second-order valence-electron chi connectivity index (χ2n) is 11.8. The van der Waals surface area contributed by atoms with Gasteiger partial charge in [-0.05, 0) is 98.2 Å². The maximum Gasteiger partial charge on any atom is 0.0753 e. The average molecular weight is 363 g/mol. The van der Waals surface area contributed by atoms with E-state index in [1.807, 2.05) is 0 Å². The molecule has 5 rings (SSSR count). The molecule has 148 valence electrons. The molecule has 3 N–H and O–H groups in total. The Morgan fingerprint density at radius 2 is 1.46 bits per heavy atom. The van der Waals surface area contributed by atoms with Crippen LogP contribution < -0.4 is 0 Å². The van der Waals surface area contributed by atoms with Crippen molar-refractivity contribution >= 4 is 0 Å². The summed E-state index contributed by atoms with van der Waals surface area (Å²) in [5.41, 5.74) is -1.12. The molecule has 0 aliphatic heterocycles. The van der Waals surface area contributed by atoms with E-state index in [4.69, 9.17) is 0 Å². The summed E-state index contributed by atoms with van der Waals surface area (Å²) in [5.74, 6) is 1.98. The molecule has 5 aliphatic carbocycles. The predicted octanol–water partition coefficient (Wildman–Crippen LogP) is 3.89. The number of fused-ring (bicyclic) bond motifs is 5. The maximum atomic E-state index is 11.7. The summed E-state index contributed by atoms with van der Waals surface area (Å²) in [6.45, 7) is 9.06. The molecule has 0 bridgehead atoms. The summed E-state index contributed by atoms with van der Waals surface area (Å²) in [4.78, 5) is 0. The zero-order valence-corrected chi connectivity index (χ0v) is 17.1. The Hall–Kier alpha value is -0.120. The van der Waals surface area contributed by atoms with E-state index in [0.29, 0.717) is 24.2 Å². The second kappa shape index (κ2) is 4.89. The standard InChI is InChI=1S/C23H38O3/c1-14-11-16-17(20(3)7-5-15(24)12-23(14,20)26)6-8-19(2)18(16)13-22(9-10-22)21(19,4)25/h14-18,24-26H,5-13H2,1-4H3/t14-,15+,16+,17-,18-,19-,20+,21-,23-/m0/s1. The summed E-state index contributed by atoms with van der Waals surface area (Å²) in [7, 11) is 0. The van der Waals surface area contributed by atoms with Gasteiger partial charge in [0.25, 0.3) is 0 Å². The van der Waals surface area contributed by atoms with Crippen LogP contribution in [0.5, 0.6) is 0 Å². The lowest BCUT2D eigenvalue weighted by atomic mass is 9.41. The van der Waals surface area contributed by atoms with Gasteiger partial charge in [0.1, 0.15) is 0 Å². The van der Waals surface area contributed by atoms with Gasteiger partial charge in [-0.2, -0.15) is 0 Å². The number of hydrogen-bond acceptors (Lipinski definition) is 3. The molecule has 0 aromatic rings. The molecule has 0 radical (unpaired) electrons. The number of aliphatic hydroxyl groups is 3. The quantitative estimate of drug-likeness (QED) is 0.613. The van der Waals surface area contributed by atoms with E-state index in [1.54, 1.807) is 0 Å². The van der Waals surface area contributed by atoms with Gasteiger partial charge in [-0.1, -0.05) is 20.8 Å². The molecular formula is C23H38O3. The molecular weight excluding hydrogens is 324 g/mol. The van der Waals surface area contributed by atoms with E-state index >= 15 is 0 Å². The zero-order valence-electron chi connectivity index (χ0n) is 17.1. The van der Waals surface area contributed by atoms with E-state index in [9.17, 15) is 15.3 Å². The van der Waals surface area contributed by atoms with Crippen molar-refractivity contribution in [1.82, 2.24) is 0 Å². The van der Waals surface area contributed by atoms with Crippen molar-refractivity contribution in [1.29, 1.82) is 0 Å². The number of hydrogen-bond donors (Lipinski definition) is 3. The van der Waals surface area contributed by atoms with Gasteiger partial charge in [0.15, 0.2) is 0 Å². The van der Waals surface area contributed by atoms with Crippen LogP contribution in [0, 0.1) is 39.9 Å². The van der Waals surface area contributed by atoms with Crippen molar-refractivity contribution in [2.45, 2.75) is 103 Å². The van der Waals surface area contributed by atoms with Gasteiger partial charge in [0.05, 0.1) is 17.3 Å². The van der Waals surface area contributed by atoms with Crippen LogP contribution in [0.15, 0.2) is 0 Å². The van der Waals surface area contributed by atoms with Crippen molar-refractivity contribution in [3.63, 3.8) is 0 Å². The van der Waals surface area contributed by atoms with Crippen LogP contribution in [0.4, 0.5) is 0 Å². The Morgan fingerprint density at radius 3 is 2.12 bits per heavy atom. The second-order valence-corrected chi connectivity index (χ2v) is 11.8. The summed E-state index contributed by atoms with van der Waals surface area (Å²) >= 11 is 0. The molecule has 5 fully saturated rings. The van der Waals surface area contributed by atoms with E-state index in [-0.39, 0.29) is 28.3 Å². The highest BCUT2D eigenvalue weighted by Crippen LogP contribution is 2.78. The van der Waals surface area contributed by atoms with Crippen LogP contribution in [0.1, 0.15) is 85.5 Å². The van der Waals surface area contributed by atoms with Crippen LogP contribution in [-0.2, 0) is 0 Å². The Labute approximate surface area is 158 Å². The lowest BCUT2D eigenvalue weighted by Crippen LogP contribution is -2.66. The van der Waals surface area contributed by atoms with Crippen molar-refractivity contribution in [2.24, 2.45) is 39.9 Å². The Bertz CT molecular complexity index is 625. The van der Waals surface area contributed by atoms with E-state index < -0.39 is 11.2 Å². The first kappa shape index (κ1) is 17.9. The van der Waals surface area contributed by atoms with Gasteiger partial charge in [-0.25, -0.2) is 0 Å². The number of aliphatic hydroxyl groups excluding tert-OH is 1. The van der Waals surface area contributed by atoms with Gasteiger partial charge in [-0.3, -0.25) is 0 Å². The van der Waals surface area contributed by atoms with Gasteiger partial charge < -0.3 is 15.3 Å². The third kappa shape index (κ3) is 1.78. The lowest BCUT2D eigenvalue weighted by molar-refractivity contribution is -0.249. The molecule has 0 heterocycles. The van der Waals surface area contributed by atoms with Gasteiger partial charge in [0.2, 0.25) is 0 Å². The van der Waals surface area contributed by atoms with Crippen molar-refractivity contribution in [2.75, 3.05) is 0 Å². The highest BCUT2D eigenvalue weighted by atomic mass is 16.3. The molecule has 5 saturated carbocycles. The molecule has 0 unspecified atom stereocenters. The highest BCUT2D eigenvalue weighted by Gasteiger charge is 2.75. The van der Waals surface area contributed by atoms with E-state index in [2.05, 4.69) is 27.7 Å². The molecule has 3 heteroatoms. The first-order valence-corrected chi connectivity index (χ1v) is 11.1. The molecule has 26 heavy (non-hydrogen) atoms. The molecule has 0 amide bonds. The smallest absolute Gasteiger partial charge is 0.0753 e. The van der Waals surface area contributed by atoms with Gasteiger partial charge in [-0.15, -0.1) is 0 Å². The van der Waals surface area contributed by atoms with Gasteiger partial charge >= 0.3 is 0 Å². The molecule has 0 saturated heterocycles. The predicted molar refractivity (Wildman–Crippen MR) is 101 cm³/mol. The average Bonchev–Trinajstić information content (AvgIpc) is 3.32. The SMILES string of the molecule is C[C@H]1C[C@H]2[C@@H]3CC4(CC4)[C@@](C)(O)[C@@]3(C)CC[C@@H]2[C@@]2(C)CC[C@@H](O)C[C@]12O. The van der Waals surface area contributed by atoms with E-state index in [1.165, 1.54) is 19.3 Å². The molecule has 0 aromatic carbocycles. The summed E-state index contributed by atoms with van der Waals surface area (Å²) in [5, 5.41) is 33.6. The molecule has 1 spiro atoms. The molecule has 9 atom stereocenters.